The van der Waals surface area contributed by atoms with Crippen molar-refractivity contribution in [3.05, 3.63) is 88.9 Å². The monoisotopic (exact) mass is 487 g/mol. The Morgan fingerprint density at radius 3 is 2.43 bits per heavy atom. The van der Waals surface area contributed by atoms with E-state index in [-0.39, 0.29) is 5.91 Å². The maximum Gasteiger partial charge on any atom is 0.258 e. The number of methoxy groups -OCH3 is 1. The third-order valence-corrected chi connectivity index (χ3v) is 7.02. The zero-order chi connectivity index (χ0) is 24.2. The van der Waals surface area contributed by atoms with Gasteiger partial charge in [-0.2, -0.15) is 0 Å². The van der Waals surface area contributed by atoms with E-state index in [4.69, 9.17) is 16.3 Å². The van der Waals surface area contributed by atoms with Crippen LogP contribution in [0.25, 0.3) is 11.6 Å². The highest BCUT2D eigenvalue weighted by Gasteiger charge is 2.31. The van der Waals surface area contributed by atoms with Crippen LogP contribution in [-0.2, 0) is 4.79 Å². The summed E-state index contributed by atoms with van der Waals surface area (Å²) in [7, 11) is 1.65. The molecule has 1 fully saturated rings. The predicted octanol–water partition coefficient (Wildman–Crippen LogP) is 5.45. The van der Waals surface area contributed by atoms with Crippen molar-refractivity contribution in [2.24, 2.45) is 0 Å². The molecule has 2 aliphatic rings. The van der Waals surface area contributed by atoms with Crippen molar-refractivity contribution in [2.75, 3.05) is 56.2 Å². The number of fused-ring (bicyclic) bond motifs is 1. The van der Waals surface area contributed by atoms with Crippen LogP contribution in [0.3, 0.4) is 0 Å². The summed E-state index contributed by atoms with van der Waals surface area (Å²) in [4.78, 5) is 20.2. The summed E-state index contributed by atoms with van der Waals surface area (Å²) in [5.74, 6) is 0.883. The van der Waals surface area contributed by atoms with Gasteiger partial charge in [-0.15, -0.1) is 0 Å². The molecule has 3 aromatic carbocycles. The van der Waals surface area contributed by atoms with Crippen molar-refractivity contribution in [3.63, 3.8) is 0 Å². The van der Waals surface area contributed by atoms with Gasteiger partial charge in [-0.1, -0.05) is 48.0 Å². The van der Waals surface area contributed by atoms with Gasteiger partial charge in [0.15, 0.2) is 0 Å². The van der Waals surface area contributed by atoms with E-state index in [1.165, 1.54) is 5.69 Å². The molecule has 0 radical (unpaired) electrons. The average molecular weight is 488 g/mol. The first kappa shape index (κ1) is 23.5. The zero-order valence-electron chi connectivity index (χ0n) is 20.0. The summed E-state index contributed by atoms with van der Waals surface area (Å²) >= 11 is 6.16. The molecule has 0 saturated carbocycles. The number of piperazine rings is 1. The number of anilines is 2. The van der Waals surface area contributed by atoms with E-state index in [2.05, 4.69) is 15.9 Å². The van der Waals surface area contributed by atoms with Crippen LogP contribution >= 0.6 is 11.6 Å². The first-order chi connectivity index (χ1) is 17.1. The minimum absolute atomic E-state index is 0.0767. The Bertz CT molecular complexity index is 1220. The van der Waals surface area contributed by atoms with Gasteiger partial charge >= 0.3 is 0 Å². The summed E-state index contributed by atoms with van der Waals surface area (Å²) in [5.41, 5.74) is 4.93. The van der Waals surface area contributed by atoms with Crippen LogP contribution in [0, 0.1) is 0 Å². The van der Waals surface area contributed by atoms with Crippen LogP contribution < -0.4 is 14.5 Å². The molecule has 2 aliphatic heterocycles. The Morgan fingerprint density at radius 1 is 0.914 bits per heavy atom. The lowest BCUT2D eigenvalue weighted by atomic mass is 10.0. The highest BCUT2D eigenvalue weighted by Crippen LogP contribution is 2.37. The Hall–Kier alpha value is -3.28. The summed E-state index contributed by atoms with van der Waals surface area (Å²) < 4.78 is 5.25. The third-order valence-electron chi connectivity index (χ3n) is 6.79. The van der Waals surface area contributed by atoms with Gasteiger partial charge < -0.3 is 14.5 Å². The zero-order valence-corrected chi connectivity index (χ0v) is 20.7. The molecular weight excluding hydrogens is 458 g/mol. The van der Waals surface area contributed by atoms with E-state index in [0.717, 1.165) is 72.3 Å². The molecule has 5 nitrogen and oxygen atoms in total. The fraction of sp³-hybridized carbons (Fsp3) is 0.276. The number of carbonyl (C=O) groups excluding carboxylic acids is 1. The smallest absolute Gasteiger partial charge is 0.258 e. The fourth-order valence-corrected chi connectivity index (χ4v) is 5.07. The van der Waals surface area contributed by atoms with Crippen molar-refractivity contribution in [1.82, 2.24) is 4.90 Å². The number of nitrogens with zero attached hydrogens (tertiary/aromatic N) is 3. The van der Waals surface area contributed by atoms with Crippen LogP contribution in [0.4, 0.5) is 11.4 Å². The van der Waals surface area contributed by atoms with Gasteiger partial charge in [0.1, 0.15) is 5.75 Å². The van der Waals surface area contributed by atoms with E-state index in [1.807, 2.05) is 77.7 Å². The Balaban J connectivity index is 1.20. The number of ether oxygens (including phenoxy) is 1. The molecule has 3 aromatic rings. The topological polar surface area (TPSA) is 36.0 Å². The standard InChI is InChI=1S/C29H30ClN3O2/c1-35-25-12-10-22(11-13-25)20-27-26-8-2-3-9-28(26)33(29(27)34)15-5-14-31-16-18-32(19-17-31)24-7-4-6-23(30)21-24/h2-4,6-13,20-21H,5,14-19H2,1H3/b27-20+. The summed E-state index contributed by atoms with van der Waals surface area (Å²) in [6.45, 7) is 5.69. The molecule has 0 aromatic heterocycles. The van der Waals surface area contributed by atoms with Gasteiger partial charge in [0, 0.05) is 54.6 Å². The SMILES string of the molecule is COc1ccc(/C=C2/C(=O)N(CCCN3CCN(c4cccc(Cl)c4)CC3)c3ccccc32)cc1. The van der Waals surface area contributed by atoms with Crippen LogP contribution in [0.1, 0.15) is 17.5 Å². The molecule has 5 rings (SSSR count). The number of rotatable bonds is 7. The summed E-state index contributed by atoms with van der Waals surface area (Å²) in [5, 5.41) is 0.779. The van der Waals surface area contributed by atoms with Crippen LogP contribution in [0.2, 0.25) is 5.02 Å². The number of amides is 1. The second-order valence-electron chi connectivity index (χ2n) is 8.97. The van der Waals surface area contributed by atoms with E-state index < -0.39 is 0 Å². The summed E-state index contributed by atoms with van der Waals surface area (Å²) in [6.07, 6.45) is 2.92. The van der Waals surface area contributed by atoms with Gasteiger partial charge in [-0.05, 0) is 61.0 Å². The normalized spacial score (nSPS) is 17.2. The Kier molecular flexibility index (Phi) is 7.07. The summed E-state index contributed by atoms with van der Waals surface area (Å²) in [6, 6.07) is 24.0. The molecule has 0 aliphatic carbocycles. The molecule has 0 unspecified atom stereocenters. The van der Waals surface area contributed by atoms with Crippen molar-refractivity contribution in [3.8, 4) is 5.75 Å². The van der Waals surface area contributed by atoms with Gasteiger partial charge in [-0.3, -0.25) is 9.69 Å². The first-order valence-electron chi connectivity index (χ1n) is 12.1. The lowest BCUT2D eigenvalue weighted by molar-refractivity contribution is -0.113. The predicted molar refractivity (Wildman–Crippen MR) is 144 cm³/mol. The number of halogens is 1. The van der Waals surface area contributed by atoms with E-state index in [0.29, 0.717) is 6.54 Å². The van der Waals surface area contributed by atoms with Gasteiger partial charge in [0.05, 0.1) is 12.8 Å². The lowest BCUT2D eigenvalue weighted by Crippen LogP contribution is -2.47. The molecule has 1 saturated heterocycles. The van der Waals surface area contributed by atoms with Gasteiger partial charge in [0.25, 0.3) is 5.91 Å². The molecule has 1 amide bonds. The molecule has 0 bridgehead atoms. The van der Waals surface area contributed by atoms with Crippen molar-refractivity contribution >= 4 is 40.5 Å². The maximum absolute atomic E-state index is 13.4. The molecule has 35 heavy (non-hydrogen) atoms. The largest absolute Gasteiger partial charge is 0.497 e. The van der Waals surface area contributed by atoms with Crippen molar-refractivity contribution in [2.45, 2.75) is 6.42 Å². The van der Waals surface area contributed by atoms with Gasteiger partial charge in [-0.25, -0.2) is 0 Å². The highest BCUT2D eigenvalue weighted by atomic mass is 35.5. The molecule has 0 N–H and O–H groups in total. The average Bonchev–Trinajstić information content (AvgIpc) is 3.15. The third kappa shape index (κ3) is 5.21. The number of hydrogen-bond donors (Lipinski definition) is 0. The second-order valence-corrected chi connectivity index (χ2v) is 9.40. The molecule has 0 spiro atoms. The second kappa shape index (κ2) is 10.5. The quantitative estimate of drug-likeness (QED) is 0.415. The number of benzene rings is 3. The van der Waals surface area contributed by atoms with Gasteiger partial charge in [0.2, 0.25) is 0 Å². The number of para-hydroxylation sites is 1. The van der Waals surface area contributed by atoms with Crippen LogP contribution in [0.5, 0.6) is 5.75 Å². The number of hydrogen-bond acceptors (Lipinski definition) is 4. The van der Waals surface area contributed by atoms with Crippen LogP contribution in [0.15, 0.2) is 72.8 Å². The first-order valence-corrected chi connectivity index (χ1v) is 12.5. The van der Waals surface area contributed by atoms with Crippen molar-refractivity contribution in [1.29, 1.82) is 0 Å². The minimum atomic E-state index is 0.0767. The van der Waals surface area contributed by atoms with Crippen LogP contribution in [-0.4, -0.2) is 57.2 Å². The Morgan fingerprint density at radius 2 is 1.69 bits per heavy atom. The molecule has 180 valence electrons. The molecule has 6 heteroatoms. The minimum Gasteiger partial charge on any atom is -0.497 e. The molecular formula is C29H30ClN3O2. The lowest BCUT2D eigenvalue weighted by Gasteiger charge is -2.36. The number of carbonyl (C=O) groups is 1. The molecule has 0 atom stereocenters. The fourth-order valence-electron chi connectivity index (χ4n) is 4.89. The van der Waals surface area contributed by atoms with Crippen molar-refractivity contribution < 1.29 is 9.53 Å². The Labute approximate surface area is 212 Å². The van der Waals surface area contributed by atoms with E-state index in [1.54, 1.807) is 7.11 Å². The highest BCUT2D eigenvalue weighted by molar-refractivity contribution is 6.35. The maximum atomic E-state index is 13.4. The molecule has 2 heterocycles. The van der Waals surface area contributed by atoms with E-state index >= 15 is 0 Å². The van der Waals surface area contributed by atoms with E-state index in [9.17, 15) is 4.79 Å².